The van der Waals surface area contributed by atoms with E-state index < -0.39 is 0 Å². The van der Waals surface area contributed by atoms with E-state index in [0.717, 1.165) is 25.9 Å². The number of nitrogens with one attached hydrogen (secondary N) is 3. The maximum Gasteiger partial charge on any atom is 0.242 e. The van der Waals surface area contributed by atoms with Gasteiger partial charge in [-0.25, -0.2) is 4.99 Å². The summed E-state index contributed by atoms with van der Waals surface area (Å²) in [5, 5.41) is 9.33. The summed E-state index contributed by atoms with van der Waals surface area (Å²) in [5.41, 5.74) is 0.134. The molecule has 0 aromatic carbocycles. The van der Waals surface area contributed by atoms with Gasteiger partial charge in [-0.2, -0.15) is 0 Å². The summed E-state index contributed by atoms with van der Waals surface area (Å²) in [4.78, 5) is 16.1. The molecule has 0 aliphatic carbocycles. The molecule has 5 nitrogen and oxygen atoms in total. The highest BCUT2D eigenvalue weighted by molar-refractivity contribution is 5.85. The van der Waals surface area contributed by atoms with Gasteiger partial charge < -0.3 is 16.0 Å². The third-order valence-electron chi connectivity index (χ3n) is 2.64. The zero-order valence-electron chi connectivity index (χ0n) is 14.9. The lowest BCUT2D eigenvalue weighted by molar-refractivity contribution is -0.121. The molecule has 5 heteroatoms. The smallest absolute Gasteiger partial charge is 0.242 e. The van der Waals surface area contributed by atoms with Crippen molar-refractivity contribution in [3.05, 3.63) is 0 Å². The fourth-order valence-electron chi connectivity index (χ4n) is 1.78. The van der Waals surface area contributed by atoms with Gasteiger partial charge in [0, 0.05) is 18.6 Å². The van der Waals surface area contributed by atoms with Crippen molar-refractivity contribution >= 4 is 11.9 Å². The van der Waals surface area contributed by atoms with E-state index in [1.165, 1.54) is 0 Å². The summed E-state index contributed by atoms with van der Waals surface area (Å²) in [7, 11) is 0. The van der Waals surface area contributed by atoms with E-state index in [4.69, 9.17) is 0 Å². The highest BCUT2D eigenvalue weighted by atomic mass is 16.2. The Morgan fingerprint density at radius 3 is 2.14 bits per heavy atom. The second-order valence-corrected chi connectivity index (χ2v) is 7.58. The van der Waals surface area contributed by atoms with Crippen molar-refractivity contribution in [1.29, 1.82) is 0 Å². The van der Waals surface area contributed by atoms with Crippen LogP contribution in [0, 0.1) is 5.41 Å². The molecular formula is C16H34N4O. The molecule has 0 atom stereocenters. The van der Waals surface area contributed by atoms with Gasteiger partial charge in [-0.05, 0) is 46.0 Å². The Morgan fingerprint density at radius 1 is 1.05 bits per heavy atom. The highest BCUT2D eigenvalue weighted by Gasteiger charge is 2.13. The van der Waals surface area contributed by atoms with Gasteiger partial charge in [0.2, 0.25) is 5.91 Å². The van der Waals surface area contributed by atoms with Crippen molar-refractivity contribution in [3.63, 3.8) is 0 Å². The predicted molar refractivity (Wildman–Crippen MR) is 90.6 cm³/mol. The monoisotopic (exact) mass is 298 g/mol. The van der Waals surface area contributed by atoms with Crippen LogP contribution in [0.5, 0.6) is 0 Å². The van der Waals surface area contributed by atoms with E-state index in [1.54, 1.807) is 0 Å². The van der Waals surface area contributed by atoms with Crippen LogP contribution in [0.1, 0.15) is 61.3 Å². The number of hydrogen-bond acceptors (Lipinski definition) is 2. The molecule has 0 rings (SSSR count). The van der Waals surface area contributed by atoms with Crippen LogP contribution in [0.2, 0.25) is 0 Å². The van der Waals surface area contributed by atoms with E-state index in [1.807, 2.05) is 27.7 Å². The highest BCUT2D eigenvalue weighted by Crippen LogP contribution is 2.19. The number of carbonyl (C=O) groups excluding carboxylic acids is 1. The molecule has 0 radical (unpaired) electrons. The van der Waals surface area contributed by atoms with Crippen molar-refractivity contribution < 1.29 is 4.79 Å². The number of aliphatic imine (C=N–C) groups is 1. The van der Waals surface area contributed by atoms with E-state index in [2.05, 4.69) is 41.7 Å². The fourth-order valence-corrected chi connectivity index (χ4v) is 1.78. The average Bonchev–Trinajstić information content (AvgIpc) is 2.27. The summed E-state index contributed by atoms with van der Waals surface area (Å²) in [5.74, 6) is 0.643. The van der Waals surface area contributed by atoms with Crippen LogP contribution in [-0.4, -0.2) is 37.0 Å². The van der Waals surface area contributed by atoms with Gasteiger partial charge in [-0.1, -0.05) is 20.8 Å². The third-order valence-corrected chi connectivity index (χ3v) is 2.64. The quantitative estimate of drug-likeness (QED) is 0.400. The molecule has 0 saturated carbocycles. The van der Waals surface area contributed by atoms with Crippen LogP contribution in [0.4, 0.5) is 0 Å². The molecule has 0 heterocycles. The second kappa shape index (κ2) is 8.90. The summed E-state index contributed by atoms with van der Waals surface area (Å²) in [6.45, 7) is 16.4. The van der Waals surface area contributed by atoms with Gasteiger partial charge in [0.25, 0.3) is 0 Å². The van der Waals surface area contributed by atoms with Crippen LogP contribution in [-0.2, 0) is 4.79 Å². The van der Waals surface area contributed by atoms with E-state index in [0.29, 0.717) is 11.4 Å². The minimum atomic E-state index is -0.217. The first-order valence-electron chi connectivity index (χ1n) is 7.87. The predicted octanol–water partition coefficient (Wildman–Crippen LogP) is 2.28. The number of amides is 1. The molecule has 21 heavy (non-hydrogen) atoms. The van der Waals surface area contributed by atoms with Crippen molar-refractivity contribution in [2.45, 2.75) is 66.8 Å². The Kier molecular flexibility index (Phi) is 8.37. The first-order chi connectivity index (χ1) is 9.53. The summed E-state index contributed by atoms with van der Waals surface area (Å²) in [6, 6.07) is 0. The van der Waals surface area contributed by atoms with Crippen molar-refractivity contribution in [3.8, 4) is 0 Å². The van der Waals surface area contributed by atoms with Crippen LogP contribution < -0.4 is 16.0 Å². The first-order valence-corrected chi connectivity index (χ1v) is 7.87. The molecule has 0 aromatic heterocycles. The van der Waals surface area contributed by atoms with Gasteiger partial charge >= 0.3 is 0 Å². The topological polar surface area (TPSA) is 65.5 Å². The molecule has 0 aliphatic heterocycles. The minimum absolute atomic E-state index is 0.0607. The van der Waals surface area contributed by atoms with Gasteiger partial charge in [-0.15, -0.1) is 0 Å². The molecule has 0 bridgehead atoms. The molecule has 0 aromatic rings. The zero-order valence-corrected chi connectivity index (χ0v) is 14.9. The number of guanidine groups is 1. The molecule has 0 spiro atoms. The SMILES string of the molecule is CCNC(=NCC(=O)NC(C)(C)C)NCCCC(C)(C)C. The van der Waals surface area contributed by atoms with Crippen LogP contribution >= 0.6 is 0 Å². The lowest BCUT2D eigenvalue weighted by Gasteiger charge is -2.20. The van der Waals surface area contributed by atoms with E-state index in [-0.39, 0.29) is 18.0 Å². The molecule has 0 aliphatic rings. The molecule has 0 saturated heterocycles. The average molecular weight is 298 g/mol. The van der Waals surface area contributed by atoms with Crippen molar-refractivity contribution in [1.82, 2.24) is 16.0 Å². The lowest BCUT2D eigenvalue weighted by atomic mass is 9.91. The Morgan fingerprint density at radius 2 is 1.67 bits per heavy atom. The van der Waals surface area contributed by atoms with Gasteiger partial charge in [0.05, 0.1) is 0 Å². The number of hydrogen-bond donors (Lipinski definition) is 3. The van der Waals surface area contributed by atoms with Crippen molar-refractivity contribution in [2.24, 2.45) is 10.4 Å². The van der Waals surface area contributed by atoms with Gasteiger partial charge in [-0.3, -0.25) is 4.79 Å². The second-order valence-electron chi connectivity index (χ2n) is 7.58. The molecule has 1 amide bonds. The largest absolute Gasteiger partial charge is 0.357 e. The Bertz CT molecular complexity index is 337. The summed E-state index contributed by atoms with van der Waals surface area (Å²) < 4.78 is 0. The standard InChI is InChI=1S/C16H34N4O/c1-8-17-14(18-11-9-10-15(2,3)4)19-12-13(21)20-16(5,6)7/h8-12H2,1-7H3,(H,20,21)(H2,17,18,19). The molecule has 0 unspecified atom stereocenters. The maximum atomic E-state index is 11.8. The number of carbonyl (C=O) groups is 1. The van der Waals surface area contributed by atoms with Crippen LogP contribution in [0.15, 0.2) is 4.99 Å². The fraction of sp³-hybridized carbons (Fsp3) is 0.875. The van der Waals surface area contributed by atoms with Crippen LogP contribution in [0.3, 0.4) is 0 Å². The molecular weight excluding hydrogens is 264 g/mol. The van der Waals surface area contributed by atoms with E-state index in [9.17, 15) is 4.79 Å². The molecule has 3 N–H and O–H groups in total. The minimum Gasteiger partial charge on any atom is -0.357 e. The normalized spacial score (nSPS) is 13.0. The van der Waals surface area contributed by atoms with E-state index >= 15 is 0 Å². The van der Waals surface area contributed by atoms with Gasteiger partial charge in [0.15, 0.2) is 5.96 Å². The maximum absolute atomic E-state index is 11.8. The third kappa shape index (κ3) is 13.5. The van der Waals surface area contributed by atoms with Gasteiger partial charge in [0.1, 0.15) is 6.54 Å². The Balaban J connectivity index is 4.21. The molecule has 124 valence electrons. The lowest BCUT2D eigenvalue weighted by Crippen LogP contribution is -2.43. The zero-order chi connectivity index (χ0) is 16.5. The first kappa shape index (κ1) is 19.7. The summed E-state index contributed by atoms with van der Waals surface area (Å²) >= 11 is 0. The van der Waals surface area contributed by atoms with Crippen LogP contribution in [0.25, 0.3) is 0 Å². The summed E-state index contributed by atoms with van der Waals surface area (Å²) in [6.07, 6.45) is 2.24. The Labute approximate surface area is 130 Å². The number of rotatable bonds is 6. The number of nitrogens with zero attached hydrogens (tertiary/aromatic N) is 1. The Hall–Kier alpha value is -1.26. The van der Waals surface area contributed by atoms with Crippen molar-refractivity contribution in [2.75, 3.05) is 19.6 Å². The molecule has 0 fully saturated rings.